The molecular formula is C24H29N3O3. The molecule has 1 saturated heterocycles. The molecule has 1 aromatic carbocycles. The van der Waals surface area contributed by atoms with Gasteiger partial charge in [0.25, 0.3) is 0 Å². The van der Waals surface area contributed by atoms with Crippen LogP contribution in [0, 0.1) is 11.8 Å². The summed E-state index contributed by atoms with van der Waals surface area (Å²) in [7, 11) is 0. The number of hydrogen-bond acceptors (Lipinski definition) is 4. The first kappa shape index (κ1) is 18.3. The van der Waals surface area contributed by atoms with Gasteiger partial charge in [0, 0.05) is 30.5 Å². The van der Waals surface area contributed by atoms with Crippen molar-refractivity contribution in [2.75, 3.05) is 11.4 Å². The van der Waals surface area contributed by atoms with Crippen molar-refractivity contribution in [2.24, 2.45) is 17.6 Å². The van der Waals surface area contributed by atoms with Crippen LogP contribution in [0.2, 0.25) is 0 Å². The lowest BCUT2D eigenvalue weighted by Gasteiger charge is -2.38. The summed E-state index contributed by atoms with van der Waals surface area (Å²) < 4.78 is 7.81. The first-order valence-corrected chi connectivity index (χ1v) is 11.5. The van der Waals surface area contributed by atoms with E-state index in [0.29, 0.717) is 17.5 Å². The van der Waals surface area contributed by atoms with E-state index >= 15 is 0 Å². The lowest BCUT2D eigenvalue weighted by atomic mass is 9.76. The third kappa shape index (κ3) is 2.48. The molecule has 2 saturated carbocycles. The molecule has 1 aromatic heterocycles. The number of amides is 1. The molecule has 2 atom stereocenters. The average molecular weight is 408 g/mol. The third-order valence-electron chi connectivity index (χ3n) is 8.14. The number of carbonyl (C=O) groups excluding carboxylic acids is 2. The lowest BCUT2D eigenvalue weighted by molar-refractivity contribution is -0.120. The van der Waals surface area contributed by atoms with Crippen molar-refractivity contribution in [3.63, 3.8) is 0 Å². The van der Waals surface area contributed by atoms with Crippen LogP contribution in [0.3, 0.4) is 0 Å². The van der Waals surface area contributed by atoms with Crippen LogP contribution in [0.4, 0.5) is 5.69 Å². The summed E-state index contributed by atoms with van der Waals surface area (Å²) in [6.45, 7) is 0.861. The first-order chi connectivity index (χ1) is 14.6. The Bertz CT molecular complexity index is 1030. The van der Waals surface area contributed by atoms with Gasteiger partial charge in [0.2, 0.25) is 5.91 Å². The Hall–Kier alpha value is -2.50. The van der Waals surface area contributed by atoms with Gasteiger partial charge in [-0.05, 0) is 48.9 Å². The molecule has 6 nitrogen and oxygen atoms in total. The normalized spacial score (nSPS) is 28.0. The molecule has 1 amide bonds. The van der Waals surface area contributed by atoms with Gasteiger partial charge in [0.1, 0.15) is 11.7 Å². The Morgan fingerprint density at radius 3 is 2.57 bits per heavy atom. The number of ether oxygens (including phenoxy) is 1. The van der Waals surface area contributed by atoms with Crippen molar-refractivity contribution in [3.8, 4) is 0 Å². The van der Waals surface area contributed by atoms with Crippen molar-refractivity contribution < 1.29 is 14.3 Å². The maximum Gasteiger partial charge on any atom is 0.357 e. The number of anilines is 1. The van der Waals surface area contributed by atoms with Crippen LogP contribution in [0.1, 0.15) is 68.3 Å². The van der Waals surface area contributed by atoms with E-state index in [1.54, 1.807) is 0 Å². The zero-order chi connectivity index (χ0) is 20.5. The van der Waals surface area contributed by atoms with Crippen LogP contribution >= 0.6 is 0 Å². The molecule has 6 heteroatoms. The minimum Gasteiger partial charge on any atom is -0.434 e. The van der Waals surface area contributed by atoms with Gasteiger partial charge in [-0.3, -0.25) is 9.36 Å². The Labute approximate surface area is 176 Å². The van der Waals surface area contributed by atoms with Crippen molar-refractivity contribution in [1.29, 1.82) is 0 Å². The molecule has 0 radical (unpaired) electrons. The van der Waals surface area contributed by atoms with Crippen LogP contribution in [0.25, 0.3) is 10.9 Å². The summed E-state index contributed by atoms with van der Waals surface area (Å²) in [4.78, 5) is 27.1. The fourth-order valence-electron chi connectivity index (χ4n) is 6.57. The van der Waals surface area contributed by atoms with E-state index in [9.17, 15) is 9.59 Å². The Morgan fingerprint density at radius 2 is 1.87 bits per heavy atom. The fraction of sp³-hybridized carbons (Fsp3) is 0.583. The van der Waals surface area contributed by atoms with E-state index in [1.165, 1.54) is 32.1 Å². The van der Waals surface area contributed by atoms with Gasteiger partial charge in [0.15, 0.2) is 5.72 Å². The van der Waals surface area contributed by atoms with Gasteiger partial charge in [-0.2, -0.15) is 0 Å². The molecule has 2 aliphatic heterocycles. The highest BCUT2D eigenvalue weighted by molar-refractivity contribution is 5.99. The van der Waals surface area contributed by atoms with E-state index in [4.69, 9.17) is 10.5 Å². The molecule has 2 aliphatic carbocycles. The Balaban J connectivity index is 1.36. The lowest BCUT2D eigenvalue weighted by Crippen LogP contribution is -2.46. The number of carbonyl (C=O) groups is 2. The van der Waals surface area contributed by atoms with Gasteiger partial charge in [-0.15, -0.1) is 0 Å². The summed E-state index contributed by atoms with van der Waals surface area (Å²) in [6, 6.07) is 8.01. The average Bonchev–Trinajstić information content (AvgIpc) is 3.39. The zero-order valence-electron chi connectivity index (χ0n) is 17.3. The van der Waals surface area contributed by atoms with E-state index in [2.05, 4.69) is 27.7 Å². The smallest absolute Gasteiger partial charge is 0.357 e. The molecule has 30 heavy (non-hydrogen) atoms. The zero-order valence-corrected chi connectivity index (χ0v) is 17.3. The predicted molar refractivity (Wildman–Crippen MR) is 114 cm³/mol. The van der Waals surface area contributed by atoms with Gasteiger partial charge in [-0.1, -0.05) is 32.1 Å². The van der Waals surface area contributed by atoms with Crippen LogP contribution in [-0.4, -0.2) is 29.0 Å². The van der Waals surface area contributed by atoms with Gasteiger partial charge >= 0.3 is 5.97 Å². The number of aromatic nitrogens is 1. The quantitative estimate of drug-likeness (QED) is 0.783. The number of rotatable bonds is 3. The highest BCUT2D eigenvalue weighted by atomic mass is 16.6. The minimum absolute atomic E-state index is 0.209. The highest BCUT2D eigenvalue weighted by Crippen LogP contribution is 2.49. The molecule has 0 bridgehead atoms. The van der Waals surface area contributed by atoms with Crippen LogP contribution in [-0.2, 0) is 15.3 Å². The second-order valence-corrected chi connectivity index (χ2v) is 9.69. The molecule has 3 heterocycles. The van der Waals surface area contributed by atoms with E-state index < -0.39 is 5.72 Å². The maximum absolute atomic E-state index is 12.5. The molecule has 2 aromatic rings. The summed E-state index contributed by atoms with van der Waals surface area (Å²) in [5, 5.41) is 1.04. The molecule has 2 N–H and O–H groups in total. The summed E-state index contributed by atoms with van der Waals surface area (Å²) in [5.41, 5.74) is 8.18. The number of nitrogens with zero attached hydrogens (tertiary/aromatic N) is 2. The second-order valence-electron chi connectivity index (χ2n) is 9.69. The largest absolute Gasteiger partial charge is 0.434 e. The Kier molecular flexibility index (Phi) is 3.96. The summed E-state index contributed by atoms with van der Waals surface area (Å²) in [6.07, 6.45) is 10.2. The molecule has 158 valence electrons. The number of nitrogens with two attached hydrogens (primary N) is 1. The topological polar surface area (TPSA) is 77.6 Å². The maximum atomic E-state index is 12.5. The van der Waals surface area contributed by atoms with E-state index in [0.717, 1.165) is 48.8 Å². The van der Waals surface area contributed by atoms with Crippen molar-refractivity contribution in [3.05, 3.63) is 30.0 Å². The molecule has 3 fully saturated rings. The van der Waals surface area contributed by atoms with Gasteiger partial charge < -0.3 is 15.4 Å². The minimum atomic E-state index is -0.467. The van der Waals surface area contributed by atoms with E-state index in [1.807, 2.05) is 6.07 Å². The number of esters is 1. The number of hydrogen-bond donors (Lipinski definition) is 1. The second kappa shape index (κ2) is 6.50. The molecular weight excluding hydrogens is 378 g/mol. The van der Waals surface area contributed by atoms with Crippen molar-refractivity contribution in [1.82, 2.24) is 4.57 Å². The fourth-order valence-corrected chi connectivity index (χ4v) is 6.57. The third-order valence-corrected chi connectivity index (χ3v) is 8.14. The van der Waals surface area contributed by atoms with Crippen molar-refractivity contribution >= 4 is 28.5 Å². The van der Waals surface area contributed by atoms with Gasteiger partial charge in [-0.25, -0.2) is 4.79 Å². The standard InChI is InChI=1S/C24H29N3O3/c25-22(28)21-18(15-5-2-1-3-6-15)9-12-26(21)17-7-8-19-16(13-17)14-20-23(29)30-24(27(19)20)10-4-11-24/h7-8,13-15,18,21H,1-6,9-12H2,(H2,25,28)/t18-,21-/m0/s1. The predicted octanol–water partition coefficient (Wildman–Crippen LogP) is 3.91. The number of primary amides is 1. The molecule has 1 spiro atoms. The highest BCUT2D eigenvalue weighted by Gasteiger charge is 2.50. The number of fused-ring (bicyclic) bond motifs is 4. The first-order valence-electron chi connectivity index (χ1n) is 11.5. The molecule has 6 rings (SSSR count). The summed E-state index contributed by atoms with van der Waals surface area (Å²) in [5.74, 6) is 0.530. The number of benzene rings is 1. The van der Waals surface area contributed by atoms with Gasteiger partial charge in [0.05, 0.1) is 5.52 Å². The Morgan fingerprint density at radius 1 is 1.07 bits per heavy atom. The SMILES string of the molecule is NC(=O)[C@@H]1[C@H](C2CCCCC2)CCN1c1ccc2c(c1)cc1n2C2(CCC2)OC1=O. The van der Waals surface area contributed by atoms with Crippen LogP contribution in [0.15, 0.2) is 24.3 Å². The van der Waals surface area contributed by atoms with Crippen LogP contribution < -0.4 is 10.6 Å². The summed E-state index contributed by atoms with van der Waals surface area (Å²) >= 11 is 0. The molecule has 0 unspecified atom stereocenters. The van der Waals surface area contributed by atoms with Crippen LogP contribution in [0.5, 0.6) is 0 Å². The monoisotopic (exact) mass is 407 g/mol. The molecule has 4 aliphatic rings. The van der Waals surface area contributed by atoms with Crippen molar-refractivity contribution in [2.45, 2.75) is 69.6 Å². The van der Waals surface area contributed by atoms with E-state index in [-0.39, 0.29) is 17.9 Å².